The number of benzene rings is 1. The van der Waals surface area contributed by atoms with Gasteiger partial charge in [0.05, 0.1) is 12.7 Å². The Labute approximate surface area is 142 Å². The summed E-state index contributed by atoms with van der Waals surface area (Å²) in [4.78, 5) is 27.2. The van der Waals surface area contributed by atoms with Gasteiger partial charge in [-0.2, -0.15) is 0 Å². The van der Waals surface area contributed by atoms with Crippen molar-refractivity contribution in [1.29, 1.82) is 0 Å². The van der Waals surface area contributed by atoms with Crippen LogP contribution in [0, 0.1) is 0 Å². The highest BCUT2D eigenvalue weighted by Crippen LogP contribution is 2.29. The van der Waals surface area contributed by atoms with Crippen molar-refractivity contribution in [3.05, 3.63) is 65.5 Å². The van der Waals surface area contributed by atoms with E-state index in [1.54, 1.807) is 0 Å². The number of hydrogen-bond acceptors (Lipinski definition) is 4. The number of methoxy groups -OCH3 is 1. The van der Waals surface area contributed by atoms with Crippen molar-refractivity contribution < 1.29 is 23.1 Å². The molecule has 1 aromatic carbocycles. The van der Waals surface area contributed by atoms with Crippen LogP contribution in [-0.4, -0.2) is 23.9 Å². The average Bonchev–Trinajstić information content (AvgIpc) is 2.64. The predicted octanol–water partition coefficient (Wildman–Crippen LogP) is 2.50. The summed E-state index contributed by atoms with van der Waals surface area (Å²) in [5.74, 6) is -1.05. The maximum Gasteiger partial charge on any atom is 0.269 e. The second-order valence-electron chi connectivity index (χ2n) is 4.81. The number of rotatable bonds is 5. The molecule has 25 heavy (non-hydrogen) atoms. The number of nitrogens with one attached hydrogen (secondary N) is 2. The number of nitrogens with zero attached hydrogens (tertiary/aromatic N) is 1. The molecule has 1 aromatic heterocycles. The molecular weight excluding hydrogens is 332 g/mol. The molecule has 0 unspecified atom stereocenters. The Morgan fingerprint density at radius 2 is 1.88 bits per heavy atom. The molecule has 0 bridgehead atoms. The highest BCUT2D eigenvalue weighted by molar-refractivity contribution is 5.97. The van der Waals surface area contributed by atoms with E-state index in [-0.39, 0.29) is 11.3 Å². The average molecular weight is 347 g/mol. The molecule has 6 nitrogen and oxygen atoms in total. The van der Waals surface area contributed by atoms with Gasteiger partial charge in [-0.25, -0.2) is 8.78 Å². The first-order valence-corrected chi connectivity index (χ1v) is 7.15. The summed E-state index contributed by atoms with van der Waals surface area (Å²) < 4.78 is 30.7. The third-order valence-corrected chi connectivity index (χ3v) is 3.16. The molecule has 0 saturated heterocycles. The molecule has 0 radical (unpaired) electrons. The van der Waals surface area contributed by atoms with Gasteiger partial charge in [0.1, 0.15) is 5.75 Å². The molecule has 0 fully saturated rings. The number of carbonyl (C=O) groups excluding carboxylic acids is 2. The van der Waals surface area contributed by atoms with Crippen LogP contribution >= 0.6 is 0 Å². The molecule has 8 heteroatoms. The van der Waals surface area contributed by atoms with Gasteiger partial charge >= 0.3 is 0 Å². The van der Waals surface area contributed by atoms with E-state index in [1.807, 2.05) is 0 Å². The summed E-state index contributed by atoms with van der Waals surface area (Å²) in [6.07, 6.45) is 2.65. The minimum absolute atomic E-state index is 0.0706. The molecule has 0 saturated carbocycles. The minimum atomic E-state index is -2.70. The Morgan fingerprint density at radius 1 is 1.16 bits per heavy atom. The van der Waals surface area contributed by atoms with E-state index in [0.29, 0.717) is 11.1 Å². The molecule has 130 valence electrons. The molecule has 2 N–H and O–H groups in total. The number of pyridine rings is 1. The van der Waals surface area contributed by atoms with Crippen LogP contribution in [0.3, 0.4) is 0 Å². The van der Waals surface area contributed by atoms with Gasteiger partial charge in [0.15, 0.2) is 0 Å². The summed E-state index contributed by atoms with van der Waals surface area (Å²) in [6, 6.07) is 7.12. The lowest BCUT2D eigenvalue weighted by Crippen LogP contribution is -2.40. The summed E-state index contributed by atoms with van der Waals surface area (Å²) >= 11 is 0. The van der Waals surface area contributed by atoms with Gasteiger partial charge in [-0.1, -0.05) is 6.07 Å². The van der Waals surface area contributed by atoms with Crippen LogP contribution in [0.5, 0.6) is 5.75 Å². The Morgan fingerprint density at radius 3 is 2.52 bits per heavy atom. The standard InChI is InChI=1S/C17H15F2N3O3/c1-25-14-4-2-11(10-13(14)16(18)19)3-5-15(23)21-22-17(24)12-6-8-20-9-7-12/h2-10,16H,1H3,(H,21,23)(H,22,24). The lowest BCUT2D eigenvalue weighted by atomic mass is 10.1. The van der Waals surface area contributed by atoms with E-state index in [9.17, 15) is 18.4 Å². The van der Waals surface area contributed by atoms with Gasteiger partial charge in [0.2, 0.25) is 0 Å². The van der Waals surface area contributed by atoms with E-state index in [4.69, 9.17) is 4.74 Å². The maximum absolute atomic E-state index is 12.9. The predicted molar refractivity (Wildman–Crippen MR) is 86.8 cm³/mol. The van der Waals surface area contributed by atoms with Crippen LogP contribution < -0.4 is 15.6 Å². The van der Waals surface area contributed by atoms with Crippen molar-refractivity contribution in [1.82, 2.24) is 15.8 Å². The number of amides is 2. The van der Waals surface area contributed by atoms with Gasteiger partial charge in [0, 0.05) is 24.0 Å². The highest BCUT2D eigenvalue weighted by atomic mass is 19.3. The third kappa shape index (κ3) is 5.10. The van der Waals surface area contributed by atoms with E-state index < -0.39 is 18.2 Å². The van der Waals surface area contributed by atoms with E-state index >= 15 is 0 Å². The molecule has 0 aliphatic heterocycles. The van der Waals surface area contributed by atoms with Crippen molar-refractivity contribution in [2.75, 3.05) is 7.11 Å². The zero-order valence-electron chi connectivity index (χ0n) is 13.2. The molecule has 1 heterocycles. The van der Waals surface area contributed by atoms with Crippen LogP contribution in [0.2, 0.25) is 0 Å². The van der Waals surface area contributed by atoms with E-state index in [1.165, 1.54) is 55.9 Å². The van der Waals surface area contributed by atoms with Gasteiger partial charge in [-0.05, 0) is 35.9 Å². The van der Waals surface area contributed by atoms with Crippen LogP contribution in [0.1, 0.15) is 27.9 Å². The highest BCUT2D eigenvalue weighted by Gasteiger charge is 2.13. The molecule has 0 aliphatic carbocycles. The van der Waals surface area contributed by atoms with Crippen molar-refractivity contribution >= 4 is 17.9 Å². The molecular formula is C17H15F2N3O3. The number of hydrogen-bond donors (Lipinski definition) is 2. The number of ether oxygens (including phenoxy) is 1. The van der Waals surface area contributed by atoms with Crippen LogP contribution in [0.4, 0.5) is 8.78 Å². The number of hydrazine groups is 1. The minimum Gasteiger partial charge on any atom is -0.496 e. The summed E-state index contributed by atoms with van der Waals surface area (Å²) in [7, 11) is 1.30. The number of halogens is 2. The lowest BCUT2D eigenvalue weighted by Gasteiger charge is -2.08. The Hall–Kier alpha value is -3.29. The first kappa shape index (κ1) is 18.1. The topological polar surface area (TPSA) is 80.3 Å². The van der Waals surface area contributed by atoms with Gasteiger partial charge in [0.25, 0.3) is 18.2 Å². The van der Waals surface area contributed by atoms with Gasteiger partial charge in [-0.15, -0.1) is 0 Å². The second kappa shape index (κ2) is 8.53. The summed E-state index contributed by atoms with van der Waals surface area (Å²) in [5, 5.41) is 0. The zero-order chi connectivity index (χ0) is 18.2. The van der Waals surface area contributed by atoms with E-state index in [0.717, 1.165) is 6.08 Å². The number of carbonyl (C=O) groups is 2. The largest absolute Gasteiger partial charge is 0.496 e. The fourth-order valence-corrected chi connectivity index (χ4v) is 1.93. The summed E-state index contributed by atoms with van der Waals surface area (Å²) in [6.45, 7) is 0. The van der Waals surface area contributed by atoms with Crippen LogP contribution in [-0.2, 0) is 4.79 Å². The molecule has 2 aromatic rings. The molecule has 0 aliphatic rings. The monoisotopic (exact) mass is 347 g/mol. The summed E-state index contributed by atoms with van der Waals surface area (Å²) in [5.41, 5.74) is 4.88. The molecule has 2 rings (SSSR count). The van der Waals surface area contributed by atoms with Crippen LogP contribution in [0.25, 0.3) is 6.08 Å². The normalized spacial score (nSPS) is 10.7. The van der Waals surface area contributed by atoms with Crippen molar-refractivity contribution in [3.8, 4) is 5.75 Å². The van der Waals surface area contributed by atoms with Crippen molar-refractivity contribution in [2.24, 2.45) is 0 Å². The Bertz CT molecular complexity index is 780. The first-order valence-electron chi connectivity index (χ1n) is 7.15. The number of alkyl halides is 2. The Balaban J connectivity index is 1.96. The first-order chi connectivity index (χ1) is 12.0. The zero-order valence-corrected chi connectivity index (χ0v) is 13.2. The van der Waals surface area contributed by atoms with Gasteiger partial charge < -0.3 is 4.74 Å². The third-order valence-electron chi connectivity index (χ3n) is 3.16. The van der Waals surface area contributed by atoms with Crippen molar-refractivity contribution in [2.45, 2.75) is 6.43 Å². The fourth-order valence-electron chi connectivity index (χ4n) is 1.93. The van der Waals surface area contributed by atoms with Gasteiger partial charge in [-0.3, -0.25) is 25.4 Å². The lowest BCUT2D eigenvalue weighted by molar-refractivity contribution is -0.117. The SMILES string of the molecule is COc1ccc(C=CC(=O)NNC(=O)c2ccncc2)cc1C(F)F. The smallest absolute Gasteiger partial charge is 0.269 e. The second-order valence-corrected chi connectivity index (χ2v) is 4.81. The fraction of sp³-hybridized carbons (Fsp3) is 0.118. The Kier molecular flexibility index (Phi) is 6.16. The number of aromatic nitrogens is 1. The van der Waals surface area contributed by atoms with Crippen LogP contribution in [0.15, 0.2) is 48.8 Å². The maximum atomic E-state index is 12.9. The molecule has 0 spiro atoms. The molecule has 2 amide bonds. The quantitative estimate of drug-likeness (QED) is 0.643. The van der Waals surface area contributed by atoms with Crippen molar-refractivity contribution in [3.63, 3.8) is 0 Å². The molecule has 0 atom stereocenters. The van der Waals surface area contributed by atoms with E-state index in [2.05, 4.69) is 15.8 Å².